The van der Waals surface area contributed by atoms with Crippen molar-refractivity contribution in [2.24, 2.45) is 13.0 Å². The maximum absolute atomic E-state index is 12.1. The molecule has 0 aliphatic carbocycles. The normalized spacial score (nSPS) is 18.7. The van der Waals surface area contributed by atoms with E-state index in [2.05, 4.69) is 5.32 Å². The summed E-state index contributed by atoms with van der Waals surface area (Å²) in [5.41, 5.74) is 0.441. The van der Waals surface area contributed by atoms with Crippen LogP contribution in [0, 0.1) is 5.92 Å². The Morgan fingerprint density at radius 2 is 2.10 bits per heavy atom. The van der Waals surface area contributed by atoms with E-state index in [1.165, 1.54) is 0 Å². The van der Waals surface area contributed by atoms with Crippen LogP contribution in [0.4, 0.5) is 0 Å². The van der Waals surface area contributed by atoms with Gasteiger partial charge in [0.2, 0.25) is 0 Å². The minimum Gasteiger partial charge on any atom is -0.350 e. The third kappa shape index (κ3) is 3.92. The van der Waals surface area contributed by atoms with Crippen molar-refractivity contribution in [1.29, 1.82) is 0 Å². The standard InChI is InChI=1S/C14H20Cl2N2O3/c1-9(7-14(2)20-4-5-21-14)8-17-13(19)11-6-10(15)12(16)18(11)3/h6,9H,4-5,7-8H2,1-3H3,(H,17,19). The minimum atomic E-state index is -0.540. The summed E-state index contributed by atoms with van der Waals surface area (Å²) in [6, 6.07) is 1.56. The molecule has 0 radical (unpaired) electrons. The van der Waals surface area contributed by atoms with Gasteiger partial charge in [-0.05, 0) is 18.9 Å². The highest BCUT2D eigenvalue weighted by Crippen LogP contribution is 2.27. The molecule has 21 heavy (non-hydrogen) atoms. The third-order valence-corrected chi connectivity index (χ3v) is 4.42. The molecule has 1 unspecified atom stereocenters. The number of amides is 1. The lowest BCUT2D eigenvalue weighted by Gasteiger charge is -2.26. The maximum atomic E-state index is 12.1. The van der Waals surface area contributed by atoms with Crippen LogP contribution in [0.1, 0.15) is 30.8 Å². The van der Waals surface area contributed by atoms with Crippen molar-refractivity contribution in [2.45, 2.75) is 26.1 Å². The van der Waals surface area contributed by atoms with Gasteiger partial charge in [0.05, 0.1) is 18.2 Å². The number of carbonyl (C=O) groups is 1. The molecule has 1 N–H and O–H groups in total. The van der Waals surface area contributed by atoms with Gasteiger partial charge in [-0.2, -0.15) is 0 Å². The molecule has 0 aromatic carbocycles. The zero-order valence-corrected chi connectivity index (χ0v) is 13.9. The number of ether oxygens (including phenoxy) is 2. The predicted octanol–water partition coefficient (Wildman–Crippen LogP) is 2.85. The Morgan fingerprint density at radius 3 is 2.62 bits per heavy atom. The summed E-state index contributed by atoms with van der Waals surface area (Å²) in [7, 11) is 1.70. The van der Waals surface area contributed by atoms with Crippen LogP contribution in [-0.4, -0.2) is 36.0 Å². The first-order chi connectivity index (χ1) is 9.82. The smallest absolute Gasteiger partial charge is 0.267 e. The summed E-state index contributed by atoms with van der Waals surface area (Å²) in [5.74, 6) is -0.512. The van der Waals surface area contributed by atoms with Crippen molar-refractivity contribution < 1.29 is 14.3 Å². The number of carbonyl (C=O) groups excluding carboxylic acids is 1. The van der Waals surface area contributed by atoms with Gasteiger partial charge in [0.1, 0.15) is 10.8 Å². The second kappa shape index (κ2) is 6.57. The van der Waals surface area contributed by atoms with Gasteiger partial charge in [0.15, 0.2) is 5.79 Å². The van der Waals surface area contributed by atoms with E-state index in [0.717, 1.165) is 6.42 Å². The highest BCUT2D eigenvalue weighted by atomic mass is 35.5. The quantitative estimate of drug-likeness (QED) is 0.900. The molecule has 1 fully saturated rings. The Hall–Kier alpha value is -0.750. The van der Waals surface area contributed by atoms with Crippen molar-refractivity contribution >= 4 is 29.1 Å². The lowest BCUT2D eigenvalue weighted by Crippen LogP contribution is -2.34. The second-order valence-corrected chi connectivity index (χ2v) is 6.34. The van der Waals surface area contributed by atoms with E-state index in [0.29, 0.717) is 35.6 Å². The molecular formula is C14H20Cl2N2O3. The van der Waals surface area contributed by atoms with Crippen LogP contribution in [0.25, 0.3) is 0 Å². The van der Waals surface area contributed by atoms with E-state index in [-0.39, 0.29) is 11.8 Å². The van der Waals surface area contributed by atoms with Crippen LogP contribution in [-0.2, 0) is 16.5 Å². The van der Waals surface area contributed by atoms with E-state index in [9.17, 15) is 4.79 Å². The average Bonchev–Trinajstić information content (AvgIpc) is 2.95. The van der Waals surface area contributed by atoms with Crippen LogP contribution >= 0.6 is 23.2 Å². The number of aromatic nitrogens is 1. The molecule has 1 aliphatic rings. The first kappa shape index (κ1) is 16.6. The van der Waals surface area contributed by atoms with E-state index >= 15 is 0 Å². The van der Waals surface area contributed by atoms with E-state index < -0.39 is 5.79 Å². The highest BCUT2D eigenvalue weighted by Gasteiger charge is 2.32. The van der Waals surface area contributed by atoms with Gasteiger partial charge >= 0.3 is 0 Å². The molecule has 1 aromatic rings. The topological polar surface area (TPSA) is 52.5 Å². The molecule has 5 nitrogen and oxygen atoms in total. The lowest BCUT2D eigenvalue weighted by molar-refractivity contribution is -0.153. The summed E-state index contributed by atoms with van der Waals surface area (Å²) in [4.78, 5) is 12.1. The van der Waals surface area contributed by atoms with Crippen LogP contribution in [0.5, 0.6) is 0 Å². The molecule has 1 aromatic heterocycles. The fraction of sp³-hybridized carbons (Fsp3) is 0.643. The third-order valence-electron chi connectivity index (χ3n) is 3.58. The summed E-state index contributed by atoms with van der Waals surface area (Å²) >= 11 is 11.9. The first-order valence-electron chi connectivity index (χ1n) is 6.89. The summed E-state index contributed by atoms with van der Waals surface area (Å²) in [6.45, 7) is 5.74. The molecule has 1 amide bonds. The molecule has 2 rings (SSSR count). The van der Waals surface area contributed by atoms with E-state index in [1.807, 2.05) is 13.8 Å². The molecule has 7 heteroatoms. The fourth-order valence-corrected chi connectivity index (χ4v) is 2.87. The van der Waals surface area contributed by atoms with Gasteiger partial charge in [0, 0.05) is 20.0 Å². The zero-order valence-electron chi connectivity index (χ0n) is 12.4. The van der Waals surface area contributed by atoms with Crippen LogP contribution < -0.4 is 5.32 Å². The van der Waals surface area contributed by atoms with Crippen molar-refractivity contribution in [3.8, 4) is 0 Å². The van der Waals surface area contributed by atoms with Gasteiger partial charge in [-0.25, -0.2) is 0 Å². The van der Waals surface area contributed by atoms with Crippen LogP contribution in [0.15, 0.2) is 6.07 Å². The molecule has 1 aliphatic heterocycles. The van der Waals surface area contributed by atoms with Crippen LogP contribution in [0.2, 0.25) is 10.2 Å². The molecule has 0 spiro atoms. The van der Waals surface area contributed by atoms with Gasteiger partial charge < -0.3 is 19.4 Å². The minimum absolute atomic E-state index is 0.198. The number of halogens is 2. The van der Waals surface area contributed by atoms with Gasteiger partial charge in [0.25, 0.3) is 5.91 Å². The Labute approximate surface area is 134 Å². The predicted molar refractivity (Wildman–Crippen MR) is 81.9 cm³/mol. The number of hydrogen-bond donors (Lipinski definition) is 1. The monoisotopic (exact) mass is 334 g/mol. The van der Waals surface area contributed by atoms with Crippen molar-refractivity contribution in [1.82, 2.24) is 9.88 Å². The maximum Gasteiger partial charge on any atom is 0.267 e. The molecule has 1 atom stereocenters. The SMILES string of the molecule is CC(CNC(=O)c1cc(Cl)c(Cl)n1C)CC1(C)OCCO1. The van der Waals surface area contributed by atoms with E-state index in [1.54, 1.807) is 17.7 Å². The number of nitrogens with zero attached hydrogens (tertiary/aromatic N) is 1. The molecule has 118 valence electrons. The number of hydrogen-bond acceptors (Lipinski definition) is 3. The Balaban J connectivity index is 1.87. The molecule has 2 heterocycles. The van der Waals surface area contributed by atoms with Gasteiger partial charge in [-0.15, -0.1) is 0 Å². The van der Waals surface area contributed by atoms with Gasteiger partial charge in [-0.3, -0.25) is 4.79 Å². The number of rotatable bonds is 5. The Morgan fingerprint density at radius 1 is 1.48 bits per heavy atom. The molecule has 0 saturated carbocycles. The van der Waals surface area contributed by atoms with Gasteiger partial charge in [-0.1, -0.05) is 30.1 Å². The Bertz CT molecular complexity index is 525. The average molecular weight is 335 g/mol. The largest absolute Gasteiger partial charge is 0.350 e. The molecule has 1 saturated heterocycles. The molecular weight excluding hydrogens is 315 g/mol. The summed E-state index contributed by atoms with van der Waals surface area (Å²) < 4.78 is 12.7. The summed E-state index contributed by atoms with van der Waals surface area (Å²) in [5, 5.41) is 3.61. The fourth-order valence-electron chi connectivity index (χ4n) is 2.50. The van der Waals surface area contributed by atoms with E-state index in [4.69, 9.17) is 32.7 Å². The van der Waals surface area contributed by atoms with Crippen molar-refractivity contribution in [2.75, 3.05) is 19.8 Å². The first-order valence-corrected chi connectivity index (χ1v) is 7.65. The van der Waals surface area contributed by atoms with Crippen molar-refractivity contribution in [3.05, 3.63) is 21.9 Å². The number of nitrogens with one attached hydrogen (secondary N) is 1. The van der Waals surface area contributed by atoms with Crippen molar-refractivity contribution in [3.63, 3.8) is 0 Å². The summed E-state index contributed by atoms with van der Waals surface area (Å²) in [6.07, 6.45) is 0.724. The zero-order chi connectivity index (χ0) is 15.6. The molecule has 0 bridgehead atoms. The highest BCUT2D eigenvalue weighted by molar-refractivity contribution is 6.41. The van der Waals surface area contributed by atoms with Crippen LogP contribution in [0.3, 0.4) is 0 Å². The second-order valence-electron chi connectivity index (χ2n) is 5.58. The Kier molecular flexibility index (Phi) is 5.20. The lowest BCUT2D eigenvalue weighted by atomic mass is 10.0.